The lowest BCUT2D eigenvalue weighted by atomic mass is 9.92. The number of nitrogens with two attached hydrogens (primary N) is 1. The first-order chi connectivity index (χ1) is 11.0. The van der Waals surface area contributed by atoms with Gasteiger partial charge < -0.3 is 11.1 Å². The highest BCUT2D eigenvalue weighted by Gasteiger charge is 2.20. The minimum atomic E-state index is -0.0714. The molecule has 0 aliphatic heterocycles. The number of amides is 1. The Morgan fingerprint density at radius 3 is 2.57 bits per heavy atom. The number of pyridine rings is 1. The highest BCUT2D eigenvalue weighted by atomic mass is 16.1. The van der Waals surface area contributed by atoms with Crippen LogP contribution in [-0.2, 0) is 0 Å². The molecule has 6 nitrogen and oxygen atoms in total. The molecule has 2 heterocycles. The standard InChI is InChI=1S/C17H23N5O/c1-11-9-12(2)22(21-11)16-8-3-13(10-19-16)17(23)20-15-6-4-14(18)5-7-15/h3,8-10,14-15H,4-7,18H2,1-2H3,(H,20,23). The van der Waals surface area contributed by atoms with Crippen LogP contribution in [0.1, 0.15) is 47.4 Å². The molecule has 3 rings (SSSR count). The molecule has 0 aromatic carbocycles. The number of hydrogen-bond acceptors (Lipinski definition) is 4. The number of rotatable bonds is 3. The van der Waals surface area contributed by atoms with Crippen molar-refractivity contribution in [1.29, 1.82) is 0 Å². The van der Waals surface area contributed by atoms with E-state index in [1.807, 2.05) is 26.0 Å². The Labute approximate surface area is 136 Å². The zero-order chi connectivity index (χ0) is 16.4. The van der Waals surface area contributed by atoms with Gasteiger partial charge in [-0.2, -0.15) is 5.10 Å². The van der Waals surface area contributed by atoms with Crippen LogP contribution in [-0.4, -0.2) is 32.8 Å². The number of nitrogens with zero attached hydrogens (tertiary/aromatic N) is 3. The Balaban J connectivity index is 1.67. The highest BCUT2D eigenvalue weighted by molar-refractivity contribution is 5.94. The van der Waals surface area contributed by atoms with Gasteiger partial charge in [-0.25, -0.2) is 9.67 Å². The van der Waals surface area contributed by atoms with Crippen molar-refractivity contribution >= 4 is 5.91 Å². The normalized spacial score (nSPS) is 21.2. The molecule has 0 radical (unpaired) electrons. The van der Waals surface area contributed by atoms with Crippen LogP contribution in [0.25, 0.3) is 5.82 Å². The molecule has 122 valence electrons. The van der Waals surface area contributed by atoms with Gasteiger partial charge in [-0.15, -0.1) is 0 Å². The number of carbonyl (C=O) groups is 1. The predicted octanol–water partition coefficient (Wildman–Crippen LogP) is 1.88. The van der Waals surface area contributed by atoms with Gasteiger partial charge in [0.05, 0.1) is 11.3 Å². The van der Waals surface area contributed by atoms with Crippen molar-refractivity contribution < 1.29 is 4.79 Å². The van der Waals surface area contributed by atoms with Gasteiger partial charge in [0.2, 0.25) is 0 Å². The Morgan fingerprint density at radius 2 is 2.00 bits per heavy atom. The second kappa shape index (κ2) is 6.50. The first-order valence-corrected chi connectivity index (χ1v) is 8.09. The monoisotopic (exact) mass is 313 g/mol. The van der Waals surface area contributed by atoms with E-state index in [1.54, 1.807) is 16.9 Å². The van der Waals surface area contributed by atoms with Gasteiger partial charge in [-0.05, 0) is 57.7 Å². The lowest BCUT2D eigenvalue weighted by Crippen LogP contribution is -2.40. The van der Waals surface area contributed by atoms with Gasteiger partial charge in [0.15, 0.2) is 5.82 Å². The quantitative estimate of drug-likeness (QED) is 0.906. The van der Waals surface area contributed by atoms with Crippen molar-refractivity contribution in [2.75, 3.05) is 0 Å². The highest BCUT2D eigenvalue weighted by Crippen LogP contribution is 2.17. The van der Waals surface area contributed by atoms with Gasteiger partial charge in [0.25, 0.3) is 5.91 Å². The molecule has 0 bridgehead atoms. The fourth-order valence-electron chi connectivity index (χ4n) is 3.04. The van der Waals surface area contributed by atoms with Gasteiger partial charge in [-0.3, -0.25) is 4.79 Å². The first-order valence-electron chi connectivity index (χ1n) is 8.09. The lowest BCUT2D eigenvalue weighted by Gasteiger charge is -2.26. The summed E-state index contributed by atoms with van der Waals surface area (Å²) < 4.78 is 1.78. The van der Waals surface area contributed by atoms with E-state index >= 15 is 0 Å². The third-order valence-corrected chi connectivity index (χ3v) is 4.34. The van der Waals surface area contributed by atoms with E-state index in [-0.39, 0.29) is 18.0 Å². The first kappa shape index (κ1) is 15.7. The van der Waals surface area contributed by atoms with Crippen molar-refractivity contribution in [1.82, 2.24) is 20.1 Å². The Kier molecular flexibility index (Phi) is 4.43. The summed E-state index contributed by atoms with van der Waals surface area (Å²) in [5, 5.41) is 7.47. The number of hydrogen-bond donors (Lipinski definition) is 2. The second-order valence-electron chi connectivity index (χ2n) is 6.33. The van der Waals surface area contributed by atoms with Crippen molar-refractivity contribution in [3.8, 4) is 5.82 Å². The molecule has 6 heteroatoms. The molecule has 2 aromatic heterocycles. The van der Waals surface area contributed by atoms with Crippen LogP contribution in [0.15, 0.2) is 24.4 Å². The molecule has 2 aromatic rings. The molecule has 0 saturated heterocycles. The molecule has 23 heavy (non-hydrogen) atoms. The van der Waals surface area contributed by atoms with E-state index < -0.39 is 0 Å². The number of aromatic nitrogens is 3. The van der Waals surface area contributed by atoms with Crippen LogP contribution in [0.2, 0.25) is 0 Å². The predicted molar refractivity (Wildman–Crippen MR) is 88.5 cm³/mol. The van der Waals surface area contributed by atoms with Gasteiger partial charge in [-0.1, -0.05) is 0 Å². The van der Waals surface area contributed by atoms with Crippen molar-refractivity contribution in [2.24, 2.45) is 5.73 Å². The topological polar surface area (TPSA) is 85.8 Å². The molecule has 1 amide bonds. The average Bonchev–Trinajstić information content (AvgIpc) is 2.88. The summed E-state index contributed by atoms with van der Waals surface area (Å²) in [6.45, 7) is 3.93. The summed E-state index contributed by atoms with van der Waals surface area (Å²) in [6, 6.07) is 6.12. The Bertz CT molecular complexity index is 684. The third kappa shape index (κ3) is 3.59. The minimum Gasteiger partial charge on any atom is -0.349 e. The summed E-state index contributed by atoms with van der Waals surface area (Å²) >= 11 is 0. The number of carbonyl (C=O) groups excluding carboxylic acids is 1. The van der Waals surface area contributed by atoms with Crippen molar-refractivity contribution in [3.05, 3.63) is 41.3 Å². The molecule has 1 fully saturated rings. The van der Waals surface area contributed by atoms with Crippen LogP contribution >= 0.6 is 0 Å². The molecule has 1 aliphatic carbocycles. The minimum absolute atomic E-state index is 0.0714. The lowest BCUT2D eigenvalue weighted by molar-refractivity contribution is 0.0925. The smallest absolute Gasteiger partial charge is 0.253 e. The molecule has 3 N–H and O–H groups in total. The fourth-order valence-corrected chi connectivity index (χ4v) is 3.04. The van der Waals surface area contributed by atoms with E-state index in [2.05, 4.69) is 15.4 Å². The van der Waals surface area contributed by atoms with Crippen molar-refractivity contribution in [3.63, 3.8) is 0 Å². The number of aryl methyl sites for hydroxylation is 2. The van der Waals surface area contributed by atoms with Crippen LogP contribution in [0.3, 0.4) is 0 Å². The van der Waals surface area contributed by atoms with Crippen LogP contribution in [0, 0.1) is 13.8 Å². The average molecular weight is 313 g/mol. The zero-order valence-corrected chi connectivity index (χ0v) is 13.6. The molecule has 0 unspecified atom stereocenters. The maximum Gasteiger partial charge on any atom is 0.253 e. The van der Waals surface area contributed by atoms with E-state index in [4.69, 9.17) is 5.73 Å². The second-order valence-corrected chi connectivity index (χ2v) is 6.33. The molecular weight excluding hydrogens is 290 g/mol. The summed E-state index contributed by atoms with van der Waals surface area (Å²) in [6.07, 6.45) is 5.45. The summed E-state index contributed by atoms with van der Waals surface area (Å²) in [5.41, 5.74) is 8.43. The van der Waals surface area contributed by atoms with E-state index in [0.717, 1.165) is 42.9 Å². The summed E-state index contributed by atoms with van der Waals surface area (Å²) in [4.78, 5) is 16.7. The number of nitrogens with one attached hydrogen (secondary N) is 1. The molecule has 0 spiro atoms. The fraction of sp³-hybridized carbons (Fsp3) is 0.471. The molecule has 1 aliphatic rings. The van der Waals surface area contributed by atoms with E-state index in [9.17, 15) is 4.79 Å². The summed E-state index contributed by atoms with van der Waals surface area (Å²) in [7, 11) is 0. The summed E-state index contributed by atoms with van der Waals surface area (Å²) in [5.74, 6) is 0.647. The molecule has 1 saturated carbocycles. The van der Waals surface area contributed by atoms with E-state index in [0.29, 0.717) is 5.56 Å². The maximum absolute atomic E-state index is 12.3. The maximum atomic E-state index is 12.3. The zero-order valence-electron chi connectivity index (χ0n) is 13.6. The van der Waals surface area contributed by atoms with E-state index in [1.165, 1.54) is 0 Å². The van der Waals surface area contributed by atoms with Crippen LogP contribution in [0.4, 0.5) is 0 Å². The van der Waals surface area contributed by atoms with Gasteiger partial charge >= 0.3 is 0 Å². The molecule has 0 atom stereocenters. The van der Waals surface area contributed by atoms with Gasteiger partial charge in [0, 0.05) is 24.0 Å². The van der Waals surface area contributed by atoms with Crippen molar-refractivity contribution in [2.45, 2.75) is 51.6 Å². The van der Waals surface area contributed by atoms with Crippen LogP contribution < -0.4 is 11.1 Å². The Morgan fingerprint density at radius 1 is 1.26 bits per heavy atom. The van der Waals surface area contributed by atoms with Gasteiger partial charge in [0.1, 0.15) is 0 Å². The largest absolute Gasteiger partial charge is 0.349 e. The third-order valence-electron chi connectivity index (χ3n) is 4.34. The Hall–Kier alpha value is -2.21. The SMILES string of the molecule is Cc1cc(C)n(-c2ccc(C(=O)NC3CCC(N)CC3)cn2)n1. The molecular formula is C17H23N5O. The van der Waals surface area contributed by atoms with Crippen LogP contribution in [0.5, 0.6) is 0 Å².